The Hall–Kier alpha value is -1.35. The van der Waals surface area contributed by atoms with Gasteiger partial charge in [0, 0.05) is 13.1 Å². The van der Waals surface area contributed by atoms with E-state index in [9.17, 15) is 4.79 Å². The molecule has 0 aliphatic heterocycles. The van der Waals surface area contributed by atoms with Gasteiger partial charge in [-0.05, 0) is 35.8 Å². The Balaban J connectivity index is 1.74. The van der Waals surface area contributed by atoms with Gasteiger partial charge in [-0.15, -0.1) is 0 Å². The number of rotatable bonds is 5. The number of carbonyl (C=O) groups excluding carboxylic acids is 1. The summed E-state index contributed by atoms with van der Waals surface area (Å²) < 4.78 is 0. The Bertz CT molecular complexity index is 427. The van der Waals surface area contributed by atoms with Gasteiger partial charge in [0.15, 0.2) is 0 Å². The molecule has 0 spiro atoms. The van der Waals surface area contributed by atoms with E-state index >= 15 is 0 Å². The van der Waals surface area contributed by atoms with Crippen LogP contribution in [-0.2, 0) is 17.8 Å². The largest absolute Gasteiger partial charge is 0.356 e. The molecule has 0 heterocycles. The van der Waals surface area contributed by atoms with E-state index in [0.29, 0.717) is 18.9 Å². The van der Waals surface area contributed by atoms with Gasteiger partial charge in [0.2, 0.25) is 5.91 Å². The van der Waals surface area contributed by atoms with Gasteiger partial charge in [-0.3, -0.25) is 4.79 Å². The first-order valence-corrected chi connectivity index (χ1v) is 7.72. The lowest BCUT2D eigenvalue weighted by atomic mass is 9.82. The van der Waals surface area contributed by atoms with Gasteiger partial charge in [0.1, 0.15) is 0 Å². The Morgan fingerprint density at radius 3 is 2.60 bits per heavy atom. The van der Waals surface area contributed by atoms with Crippen molar-refractivity contribution >= 4 is 5.91 Å². The number of nitrogens with one attached hydrogen (secondary N) is 1. The molecule has 0 saturated heterocycles. The molecule has 1 saturated carbocycles. The minimum absolute atomic E-state index is 0.128. The summed E-state index contributed by atoms with van der Waals surface area (Å²) in [7, 11) is 0. The standard InChI is InChI=1S/C17H26N2O/c1-13-3-2-4-16(9-13)12-19-17(20)10-14-5-7-15(11-18)8-6-14/h5-8,13,16H,2-4,9-12,18H2,1H3,(H,19,20). The summed E-state index contributed by atoms with van der Waals surface area (Å²) in [6.45, 7) is 3.70. The van der Waals surface area contributed by atoms with Crippen molar-refractivity contribution in [3.8, 4) is 0 Å². The van der Waals surface area contributed by atoms with Crippen molar-refractivity contribution < 1.29 is 4.79 Å². The molecule has 3 heteroatoms. The maximum atomic E-state index is 12.0. The van der Waals surface area contributed by atoms with Crippen LogP contribution in [0, 0.1) is 11.8 Å². The molecule has 0 radical (unpaired) electrons. The van der Waals surface area contributed by atoms with Crippen LogP contribution in [0.25, 0.3) is 0 Å². The topological polar surface area (TPSA) is 55.1 Å². The number of benzene rings is 1. The van der Waals surface area contributed by atoms with Crippen LogP contribution in [0.3, 0.4) is 0 Å². The van der Waals surface area contributed by atoms with Crippen molar-refractivity contribution in [1.82, 2.24) is 5.32 Å². The van der Waals surface area contributed by atoms with Gasteiger partial charge in [0.05, 0.1) is 6.42 Å². The van der Waals surface area contributed by atoms with Crippen molar-refractivity contribution in [3.63, 3.8) is 0 Å². The van der Waals surface area contributed by atoms with E-state index in [1.54, 1.807) is 0 Å². The Kier molecular flexibility index (Phi) is 5.60. The Labute approximate surface area is 121 Å². The van der Waals surface area contributed by atoms with E-state index in [0.717, 1.165) is 23.6 Å². The lowest BCUT2D eigenvalue weighted by Crippen LogP contribution is -2.32. The molecule has 2 rings (SSSR count). The third-order valence-electron chi connectivity index (χ3n) is 4.26. The zero-order chi connectivity index (χ0) is 14.4. The van der Waals surface area contributed by atoms with Crippen LogP contribution in [0.1, 0.15) is 43.7 Å². The highest BCUT2D eigenvalue weighted by Crippen LogP contribution is 2.27. The smallest absolute Gasteiger partial charge is 0.224 e. The molecule has 0 bridgehead atoms. The number of amides is 1. The van der Waals surface area contributed by atoms with Gasteiger partial charge in [-0.1, -0.05) is 44.0 Å². The molecule has 1 aliphatic rings. The molecule has 0 aromatic heterocycles. The fourth-order valence-electron chi connectivity index (χ4n) is 3.04. The van der Waals surface area contributed by atoms with E-state index in [2.05, 4.69) is 12.2 Å². The Morgan fingerprint density at radius 2 is 1.95 bits per heavy atom. The van der Waals surface area contributed by atoms with Crippen LogP contribution in [0.15, 0.2) is 24.3 Å². The van der Waals surface area contributed by atoms with Crippen LogP contribution in [0.4, 0.5) is 0 Å². The highest BCUT2D eigenvalue weighted by atomic mass is 16.1. The maximum Gasteiger partial charge on any atom is 0.224 e. The minimum atomic E-state index is 0.128. The van der Waals surface area contributed by atoms with Crippen molar-refractivity contribution in [1.29, 1.82) is 0 Å². The first-order valence-electron chi connectivity index (χ1n) is 7.72. The third-order valence-corrected chi connectivity index (χ3v) is 4.26. The molecule has 2 atom stereocenters. The molecule has 1 amide bonds. The van der Waals surface area contributed by atoms with Crippen LogP contribution < -0.4 is 11.1 Å². The summed E-state index contributed by atoms with van der Waals surface area (Å²) in [4.78, 5) is 12.0. The predicted molar refractivity (Wildman–Crippen MR) is 82.2 cm³/mol. The average molecular weight is 274 g/mol. The molecule has 3 N–H and O–H groups in total. The summed E-state index contributed by atoms with van der Waals surface area (Å²) in [5.41, 5.74) is 7.72. The Morgan fingerprint density at radius 1 is 1.25 bits per heavy atom. The average Bonchev–Trinajstić information content (AvgIpc) is 2.46. The summed E-state index contributed by atoms with van der Waals surface area (Å²) in [5.74, 6) is 1.61. The second kappa shape index (κ2) is 7.44. The molecular formula is C17H26N2O. The quantitative estimate of drug-likeness (QED) is 0.867. The molecule has 1 aromatic rings. The highest BCUT2D eigenvalue weighted by molar-refractivity contribution is 5.78. The van der Waals surface area contributed by atoms with E-state index in [1.807, 2.05) is 24.3 Å². The predicted octanol–water partition coefficient (Wildman–Crippen LogP) is 2.63. The van der Waals surface area contributed by atoms with Crippen molar-refractivity contribution in [2.45, 2.75) is 45.6 Å². The molecule has 1 aliphatic carbocycles. The van der Waals surface area contributed by atoms with E-state index in [1.165, 1.54) is 25.7 Å². The first-order chi connectivity index (χ1) is 9.67. The van der Waals surface area contributed by atoms with E-state index < -0.39 is 0 Å². The molecular weight excluding hydrogens is 248 g/mol. The molecule has 20 heavy (non-hydrogen) atoms. The van der Waals surface area contributed by atoms with Crippen molar-refractivity contribution in [2.24, 2.45) is 17.6 Å². The highest BCUT2D eigenvalue weighted by Gasteiger charge is 2.19. The lowest BCUT2D eigenvalue weighted by Gasteiger charge is -2.26. The molecule has 3 nitrogen and oxygen atoms in total. The number of nitrogens with two attached hydrogens (primary N) is 1. The van der Waals surface area contributed by atoms with Crippen LogP contribution in [0.2, 0.25) is 0 Å². The summed E-state index contributed by atoms with van der Waals surface area (Å²) in [6, 6.07) is 7.96. The summed E-state index contributed by atoms with van der Waals surface area (Å²) in [5, 5.41) is 3.09. The lowest BCUT2D eigenvalue weighted by molar-refractivity contribution is -0.120. The number of carbonyl (C=O) groups is 1. The van der Waals surface area contributed by atoms with E-state index in [-0.39, 0.29) is 5.91 Å². The number of hydrogen-bond acceptors (Lipinski definition) is 2. The zero-order valence-electron chi connectivity index (χ0n) is 12.4. The number of hydrogen-bond donors (Lipinski definition) is 2. The maximum absolute atomic E-state index is 12.0. The van der Waals surface area contributed by atoms with Gasteiger partial charge in [-0.2, -0.15) is 0 Å². The van der Waals surface area contributed by atoms with Crippen molar-refractivity contribution in [2.75, 3.05) is 6.54 Å². The van der Waals surface area contributed by atoms with Gasteiger partial charge < -0.3 is 11.1 Å². The zero-order valence-corrected chi connectivity index (χ0v) is 12.4. The van der Waals surface area contributed by atoms with Gasteiger partial charge >= 0.3 is 0 Å². The molecule has 2 unspecified atom stereocenters. The fraction of sp³-hybridized carbons (Fsp3) is 0.588. The molecule has 1 aromatic carbocycles. The summed E-state index contributed by atoms with van der Waals surface area (Å²) >= 11 is 0. The molecule has 110 valence electrons. The van der Waals surface area contributed by atoms with Crippen molar-refractivity contribution in [3.05, 3.63) is 35.4 Å². The first kappa shape index (κ1) is 15.0. The minimum Gasteiger partial charge on any atom is -0.356 e. The van der Waals surface area contributed by atoms with Gasteiger partial charge in [-0.25, -0.2) is 0 Å². The van der Waals surface area contributed by atoms with Crippen LogP contribution in [-0.4, -0.2) is 12.5 Å². The monoisotopic (exact) mass is 274 g/mol. The second-order valence-corrected chi connectivity index (χ2v) is 6.14. The van der Waals surface area contributed by atoms with Crippen LogP contribution in [0.5, 0.6) is 0 Å². The fourth-order valence-corrected chi connectivity index (χ4v) is 3.04. The van der Waals surface area contributed by atoms with Crippen LogP contribution >= 0.6 is 0 Å². The molecule has 1 fully saturated rings. The summed E-state index contributed by atoms with van der Waals surface area (Å²) in [6.07, 6.45) is 5.63. The third kappa shape index (κ3) is 4.64. The van der Waals surface area contributed by atoms with Gasteiger partial charge in [0.25, 0.3) is 0 Å². The normalized spacial score (nSPS) is 22.5. The second-order valence-electron chi connectivity index (χ2n) is 6.14. The SMILES string of the molecule is CC1CCCC(CNC(=O)Cc2ccc(CN)cc2)C1. The van der Waals surface area contributed by atoms with E-state index in [4.69, 9.17) is 5.73 Å².